The summed E-state index contributed by atoms with van der Waals surface area (Å²) in [7, 11) is 0. The molecule has 2 aliphatic rings. The molecule has 1 amide bonds. The van der Waals surface area contributed by atoms with E-state index in [0.29, 0.717) is 41.3 Å². The highest BCUT2D eigenvalue weighted by Crippen LogP contribution is 2.33. The van der Waals surface area contributed by atoms with Crippen molar-refractivity contribution in [3.8, 4) is 0 Å². The molecular weight excluding hydrogens is 450 g/mol. The van der Waals surface area contributed by atoms with Crippen LogP contribution < -0.4 is 5.43 Å². The Morgan fingerprint density at radius 3 is 2.65 bits per heavy atom. The minimum Gasteiger partial charge on any atom is -0.423 e. The molecule has 0 fully saturated rings. The minimum atomic E-state index is -0.276. The highest BCUT2D eigenvalue weighted by molar-refractivity contribution is 6.30. The highest BCUT2D eigenvalue weighted by Gasteiger charge is 2.35. The van der Waals surface area contributed by atoms with Crippen LogP contribution in [0.25, 0.3) is 0 Å². The Balaban J connectivity index is 1.60. The van der Waals surface area contributed by atoms with Crippen molar-refractivity contribution in [1.82, 2.24) is 15.3 Å². The van der Waals surface area contributed by atoms with Gasteiger partial charge in [0.2, 0.25) is 11.8 Å². The molecule has 178 valence electrons. The molecule has 1 atom stereocenters. The zero-order chi connectivity index (χ0) is 24.1. The van der Waals surface area contributed by atoms with Gasteiger partial charge in [-0.3, -0.25) is 9.78 Å². The minimum absolute atomic E-state index is 0.0839. The van der Waals surface area contributed by atoms with Crippen molar-refractivity contribution in [2.75, 3.05) is 6.54 Å². The number of carbonyl (C=O) groups is 1. The number of halogens is 1. The summed E-state index contributed by atoms with van der Waals surface area (Å²) < 4.78 is 5.94. The van der Waals surface area contributed by atoms with Gasteiger partial charge in [-0.15, -0.1) is 5.10 Å². The number of amides is 1. The first kappa shape index (κ1) is 24.0. The molecule has 1 N–H and O–H groups in total. The van der Waals surface area contributed by atoms with Gasteiger partial charge in [0, 0.05) is 18.3 Å². The maximum Gasteiger partial charge on any atom is 0.281 e. The molecule has 0 saturated carbocycles. The van der Waals surface area contributed by atoms with Gasteiger partial charge in [-0.1, -0.05) is 69.1 Å². The Kier molecular flexibility index (Phi) is 7.63. The number of pyridine rings is 1. The highest BCUT2D eigenvalue weighted by atomic mass is 35.5. The number of nitrogens with one attached hydrogen (secondary N) is 1. The molecule has 1 aromatic heterocycles. The number of ether oxygens (including phenoxy) is 1. The van der Waals surface area contributed by atoms with Crippen molar-refractivity contribution in [2.24, 2.45) is 16.0 Å². The van der Waals surface area contributed by atoms with Gasteiger partial charge < -0.3 is 9.64 Å². The third kappa shape index (κ3) is 5.47. The lowest BCUT2D eigenvalue weighted by atomic mass is 9.92. The second-order valence-electron chi connectivity index (χ2n) is 8.84. The van der Waals surface area contributed by atoms with Crippen LogP contribution in [0, 0.1) is 5.92 Å². The average Bonchev–Trinajstić information content (AvgIpc) is 3.29. The second kappa shape index (κ2) is 10.8. The second-order valence-corrected chi connectivity index (χ2v) is 9.27. The number of aliphatic imine (C=N–C) groups is 1. The van der Waals surface area contributed by atoms with Crippen LogP contribution in [0.4, 0.5) is 0 Å². The molecule has 2 aliphatic heterocycles. The normalized spacial score (nSPS) is 19.0. The monoisotopic (exact) mass is 479 g/mol. The summed E-state index contributed by atoms with van der Waals surface area (Å²) >= 11 is 5.92. The van der Waals surface area contributed by atoms with Crippen LogP contribution in [0.3, 0.4) is 0 Å². The molecular formula is C26H30ClN5O2. The van der Waals surface area contributed by atoms with E-state index >= 15 is 0 Å². The van der Waals surface area contributed by atoms with Crippen LogP contribution in [-0.2, 0) is 16.0 Å². The number of benzene rings is 1. The SMILES string of the molecule is CCCCC1=NC(=O)C(=C2NN=C(Cc3ccc(Cl)cn3)O2)CN1C(c1ccccc1)C(C)C. The first-order chi connectivity index (χ1) is 16.5. The van der Waals surface area contributed by atoms with Gasteiger partial charge in [-0.05, 0) is 30.0 Å². The molecule has 1 aromatic carbocycles. The van der Waals surface area contributed by atoms with E-state index in [1.54, 1.807) is 12.3 Å². The predicted octanol–water partition coefficient (Wildman–Crippen LogP) is 5.25. The number of carbonyl (C=O) groups excluding carboxylic acids is 1. The fraction of sp³-hybridized carbons (Fsp3) is 0.385. The number of rotatable bonds is 8. The first-order valence-corrected chi connectivity index (χ1v) is 12.1. The van der Waals surface area contributed by atoms with Crippen molar-refractivity contribution < 1.29 is 9.53 Å². The van der Waals surface area contributed by atoms with E-state index in [4.69, 9.17) is 16.3 Å². The van der Waals surface area contributed by atoms with Crippen molar-refractivity contribution in [1.29, 1.82) is 0 Å². The van der Waals surface area contributed by atoms with Crippen LogP contribution in [0.1, 0.15) is 57.3 Å². The number of amidine groups is 1. The molecule has 0 saturated heterocycles. The van der Waals surface area contributed by atoms with Crippen molar-refractivity contribution >= 4 is 29.2 Å². The van der Waals surface area contributed by atoms with Crippen LogP contribution in [0.15, 0.2) is 70.2 Å². The van der Waals surface area contributed by atoms with Gasteiger partial charge in [-0.25, -0.2) is 5.43 Å². The van der Waals surface area contributed by atoms with Gasteiger partial charge in [0.25, 0.3) is 5.91 Å². The van der Waals surface area contributed by atoms with Crippen LogP contribution in [0.2, 0.25) is 5.02 Å². The molecule has 3 heterocycles. The lowest BCUT2D eigenvalue weighted by Crippen LogP contribution is -2.43. The van der Waals surface area contributed by atoms with E-state index in [2.05, 4.69) is 70.4 Å². The fourth-order valence-corrected chi connectivity index (χ4v) is 4.37. The van der Waals surface area contributed by atoms with E-state index in [1.807, 2.05) is 12.1 Å². The molecule has 0 radical (unpaired) electrons. The van der Waals surface area contributed by atoms with Gasteiger partial charge in [0.15, 0.2) is 0 Å². The predicted molar refractivity (Wildman–Crippen MR) is 134 cm³/mol. The molecule has 0 aliphatic carbocycles. The van der Waals surface area contributed by atoms with E-state index in [9.17, 15) is 4.79 Å². The van der Waals surface area contributed by atoms with Crippen molar-refractivity contribution in [3.05, 3.63) is 76.4 Å². The first-order valence-electron chi connectivity index (χ1n) is 11.7. The molecule has 8 heteroatoms. The standard InChI is InChI=1S/C26H30ClN5O2/c1-4-5-11-22-29-25(33)21(16-32(22)24(17(2)3)18-9-7-6-8-10-18)26-31-30-23(34-26)14-20-13-12-19(27)15-28-20/h6-10,12-13,15,17,24,31H,4-5,11,14,16H2,1-3H3. The number of hydrazone groups is 1. The number of aromatic nitrogens is 1. The largest absolute Gasteiger partial charge is 0.423 e. The van der Waals surface area contributed by atoms with Crippen LogP contribution in [0.5, 0.6) is 0 Å². The molecule has 7 nitrogen and oxygen atoms in total. The molecule has 34 heavy (non-hydrogen) atoms. The van der Waals surface area contributed by atoms with E-state index in [0.717, 1.165) is 30.8 Å². The van der Waals surface area contributed by atoms with Gasteiger partial charge in [0.1, 0.15) is 11.4 Å². The fourth-order valence-electron chi connectivity index (χ4n) is 4.26. The summed E-state index contributed by atoms with van der Waals surface area (Å²) in [6.45, 7) is 6.94. The summed E-state index contributed by atoms with van der Waals surface area (Å²) in [4.78, 5) is 24.1. The molecule has 2 aromatic rings. The number of hydrogen-bond donors (Lipinski definition) is 1. The zero-order valence-electron chi connectivity index (χ0n) is 19.8. The number of unbranched alkanes of at least 4 members (excludes halogenated alkanes) is 1. The smallest absolute Gasteiger partial charge is 0.281 e. The van der Waals surface area contributed by atoms with E-state index in [-0.39, 0.29) is 11.9 Å². The Labute approximate surface area is 205 Å². The van der Waals surface area contributed by atoms with Crippen molar-refractivity contribution in [2.45, 2.75) is 52.5 Å². The van der Waals surface area contributed by atoms with Crippen molar-refractivity contribution in [3.63, 3.8) is 0 Å². The number of nitrogens with zero attached hydrogens (tertiary/aromatic N) is 4. The average molecular weight is 480 g/mol. The summed E-state index contributed by atoms with van der Waals surface area (Å²) in [5.41, 5.74) is 5.35. The van der Waals surface area contributed by atoms with Crippen LogP contribution >= 0.6 is 11.6 Å². The Bertz CT molecular complexity index is 1110. The van der Waals surface area contributed by atoms with Crippen LogP contribution in [-0.4, -0.2) is 34.1 Å². The summed E-state index contributed by atoms with van der Waals surface area (Å²) in [5.74, 6) is 1.66. The van der Waals surface area contributed by atoms with E-state index < -0.39 is 0 Å². The maximum atomic E-state index is 13.1. The Morgan fingerprint density at radius 2 is 1.97 bits per heavy atom. The van der Waals surface area contributed by atoms with Gasteiger partial charge in [0.05, 0.1) is 24.0 Å². The lowest BCUT2D eigenvalue weighted by molar-refractivity contribution is -0.115. The number of hydrogen-bond acceptors (Lipinski definition) is 6. The molecule has 1 unspecified atom stereocenters. The lowest BCUT2D eigenvalue weighted by Gasteiger charge is -2.39. The third-order valence-corrected chi connectivity index (χ3v) is 6.13. The quantitative estimate of drug-likeness (QED) is 0.523. The topological polar surface area (TPSA) is 79.2 Å². The van der Waals surface area contributed by atoms with Gasteiger partial charge >= 0.3 is 0 Å². The van der Waals surface area contributed by atoms with Gasteiger partial charge in [-0.2, -0.15) is 4.99 Å². The Morgan fingerprint density at radius 1 is 1.18 bits per heavy atom. The third-order valence-electron chi connectivity index (χ3n) is 5.91. The molecule has 0 spiro atoms. The zero-order valence-corrected chi connectivity index (χ0v) is 20.5. The summed E-state index contributed by atoms with van der Waals surface area (Å²) in [6, 6.07) is 14.1. The summed E-state index contributed by atoms with van der Waals surface area (Å²) in [5, 5.41) is 4.84. The maximum absolute atomic E-state index is 13.1. The summed E-state index contributed by atoms with van der Waals surface area (Å²) in [6.07, 6.45) is 4.75. The van der Waals surface area contributed by atoms with E-state index in [1.165, 1.54) is 5.56 Å². The Hall–Kier alpha value is -3.19. The molecule has 4 rings (SSSR count). The molecule has 0 bridgehead atoms.